The van der Waals surface area contributed by atoms with Crippen molar-refractivity contribution in [1.29, 1.82) is 0 Å². The maximum Gasteiger partial charge on any atom is 0.246 e. The van der Waals surface area contributed by atoms with Crippen LogP contribution in [0.5, 0.6) is 0 Å². The molecule has 1 aromatic carbocycles. The Morgan fingerprint density at radius 3 is 2.50 bits per heavy atom. The highest BCUT2D eigenvalue weighted by Gasteiger charge is 2.19. The van der Waals surface area contributed by atoms with Gasteiger partial charge in [0.1, 0.15) is 17.0 Å². The molecule has 0 radical (unpaired) electrons. The van der Waals surface area contributed by atoms with Crippen molar-refractivity contribution < 1.29 is 9.90 Å². The molecule has 1 amide bonds. The lowest BCUT2D eigenvalue weighted by Crippen LogP contribution is -2.47. The molecule has 0 unspecified atom stereocenters. The summed E-state index contributed by atoms with van der Waals surface area (Å²) in [6, 6.07) is 10.9. The Hall–Kier alpha value is -3.63. The molecule has 0 spiro atoms. The summed E-state index contributed by atoms with van der Waals surface area (Å²) in [5, 5.41) is 11.4. The summed E-state index contributed by atoms with van der Waals surface area (Å²) in [4.78, 5) is 29.8. The largest absolute Gasteiger partial charge is 0.400 e. The normalized spacial score (nSPS) is 14.3. The second-order valence-electron chi connectivity index (χ2n) is 9.55. The highest BCUT2D eigenvalue weighted by atomic mass is 32.1. The van der Waals surface area contributed by atoms with Gasteiger partial charge in [0.05, 0.1) is 5.39 Å². The topological polar surface area (TPSA) is 84.8 Å². The van der Waals surface area contributed by atoms with E-state index in [1.165, 1.54) is 11.1 Å². The van der Waals surface area contributed by atoms with Gasteiger partial charge in [-0.15, -0.1) is 11.3 Å². The molecular formula is C31H40N6O2S. The first-order chi connectivity index (χ1) is 19.5. The summed E-state index contributed by atoms with van der Waals surface area (Å²) in [6.45, 7) is 13.2. The number of carbonyl (C=O) groups excluding carboxylic acids is 1. The van der Waals surface area contributed by atoms with Gasteiger partial charge in [0.15, 0.2) is 0 Å². The van der Waals surface area contributed by atoms with E-state index in [0.29, 0.717) is 6.54 Å². The van der Waals surface area contributed by atoms with E-state index in [4.69, 9.17) is 5.11 Å². The second kappa shape index (κ2) is 15.8. The third-order valence-electron chi connectivity index (χ3n) is 6.44. The molecule has 1 aliphatic heterocycles. The molecule has 1 saturated heterocycles. The Kier molecular flexibility index (Phi) is 12.2. The number of piperazine rings is 1. The Balaban J connectivity index is 0.00000216. The molecule has 8 nitrogen and oxygen atoms in total. The monoisotopic (exact) mass is 560 g/mol. The highest BCUT2D eigenvalue weighted by molar-refractivity contribution is 7.21. The van der Waals surface area contributed by atoms with Crippen molar-refractivity contribution in [2.75, 3.05) is 65.8 Å². The summed E-state index contributed by atoms with van der Waals surface area (Å²) >= 11 is 1.67. The number of aliphatic hydroxyl groups is 1. The number of nitrogens with zero attached hydrogens (tertiary/aromatic N) is 5. The predicted molar refractivity (Wildman–Crippen MR) is 168 cm³/mol. The summed E-state index contributed by atoms with van der Waals surface area (Å²) in [7, 11) is 4.99. The summed E-state index contributed by atoms with van der Waals surface area (Å²) in [5.74, 6) is 0.924. The predicted octanol–water partition coefficient (Wildman–Crippen LogP) is 4.44. The smallest absolute Gasteiger partial charge is 0.246 e. The molecule has 0 aliphatic carbocycles. The van der Waals surface area contributed by atoms with Gasteiger partial charge in [-0.25, -0.2) is 9.97 Å². The molecule has 212 valence electrons. The average molecular weight is 561 g/mol. The molecule has 3 heterocycles. The summed E-state index contributed by atoms with van der Waals surface area (Å²) in [6.07, 6.45) is 10.7. The quantitative estimate of drug-likeness (QED) is 0.265. The molecule has 2 N–H and O–H groups in total. The third-order valence-corrected chi connectivity index (χ3v) is 7.54. The zero-order chi connectivity index (χ0) is 28.9. The molecule has 3 aromatic rings. The van der Waals surface area contributed by atoms with E-state index in [1.807, 2.05) is 42.1 Å². The van der Waals surface area contributed by atoms with Crippen LogP contribution in [0.15, 0.2) is 85.8 Å². The lowest BCUT2D eigenvalue weighted by Gasteiger charge is -2.34. The van der Waals surface area contributed by atoms with E-state index in [0.717, 1.165) is 72.9 Å². The number of anilines is 1. The van der Waals surface area contributed by atoms with Crippen LogP contribution in [0.1, 0.15) is 5.56 Å². The Morgan fingerprint density at radius 1 is 1.12 bits per heavy atom. The van der Waals surface area contributed by atoms with E-state index in [1.54, 1.807) is 29.8 Å². The minimum absolute atomic E-state index is 0.108. The van der Waals surface area contributed by atoms with E-state index in [9.17, 15) is 4.79 Å². The fraction of sp³-hybridized carbons (Fsp3) is 0.323. The van der Waals surface area contributed by atoms with Crippen LogP contribution in [0.25, 0.3) is 20.7 Å². The van der Waals surface area contributed by atoms with E-state index < -0.39 is 0 Å². The van der Waals surface area contributed by atoms with Crippen LogP contribution in [0, 0.1) is 0 Å². The fourth-order valence-electron chi connectivity index (χ4n) is 4.30. The Bertz CT molecular complexity index is 1320. The first-order valence-corrected chi connectivity index (χ1v) is 14.1. The number of fused-ring (bicyclic) bond motifs is 1. The van der Waals surface area contributed by atoms with Crippen LogP contribution in [-0.2, 0) is 11.3 Å². The maximum absolute atomic E-state index is 12.4. The molecule has 0 atom stereocenters. The minimum Gasteiger partial charge on any atom is -0.400 e. The van der Waals surface area contributed by atoms with Crippen LogP contribution in [0.3, 0.4) is 0 Å². The zero-order valence-electron chi connectivity index (χ0n) is 23.7. The second-order valence-corrected chi connectivity index (χ2v) is 10.6. The molecular weight excluding hydrogens is 520 g/mol. The number of likely N-dealkylation sites (N-methyl/N-ethyl adjacent to an activating group) is 1. The number of nitrogens with one attached hydrogen (secondary N) is 1. The molecule has 9 heteroatoms. The van der Waals surface area contributed by atoms with Gasteiger partial charge < -0.3 is 20.2 Å². The van der Waals surface area contributed by atoms with Crippen LogP contribution in [0.2, 0.25) is 0 Å². The van der Waals surface area contributed by atoms with Crippen LogP contribution in [0.4, 0.5) is 5.82 Å². The number of rotatable bonds is 11. The van der Waals surface area contributed by atoms with Gasteiger partial charge in [0.2, 0.25) is 5.91 Å². The van der Waals surface area contributed by atoms with E-state index in [2.05, 4.69) is 63.7 Å². The van der Waals surface area contributed by atoms with Crippen molar-refractivity contribution in [3.63, 3.8) is 0 Å². The molecule has 4 rings (SSSR count). The Morgan fingerprint density at radius 2 is 1.85 bits per heavy atom. The van der Waals surface area contributed by atoms with E-state index in [-0.39, 0.29) is 5.91 Å². The first kappa shape index (κ1) is 30.9. The molecule has 1 fully saturated rings. The number of hydrogen-bond acceptors (Lipinski definition) is 8. The van der Waals surface area contributed by atoms with Crippen molar-refractivity contribution in [2.45, 2.75) is 6.54 Å². The minimum atomic E-state index is 0.108. The SMILES string of the molecule is C=C/C=C(\C=C)CNc1ncnc2sc(-c3ccc(CN4CCN(C(=O)/C=C/CN(C)C)CC4)cc3)cc12.CO. The average Bonchev–Trinajstić information content (AvgIpc) is 3.42. The lowest BCUT2D eigenvalue weighted by atomic mass is 10.1. The van der Waals surface area contributed by atoms with Crippen molar-refractivity contribution >= 4 is 33.3 Å². The number of hydrogen-bond donors (Lipinski definition) is 2. The maximum atomic E-state index is 12.4. The van der Waals surface area contributed by atoms with Gasteiger partial charge in [-0.1, -0.05) is 61.7 Å². The zero-order valence-corrected chi connectivity index (χ0v) is 24.5. The van der Waals surface area contributed by atoms with Gasteiger partial charge in [-0.05, 0) is 36.9 Å². The van der Waals surface area contributed by atoms with Crippen molar-refractivity contribution in [2.24, 2.45) is 0 Å². The molecule has 40 heavy (non-hydrogen) atoms. The van der Waals surface area contributed by atoms with Gasteiger partial charge >= 0.3 is 0 Å². The third kappa shape index (κ3) is 8.69. The standard InChI is InChI=1S/C30H36N6OS.CH4O/c1-5-8-23(6-2)20-31-29-26-19-27(38-30(26)33-22-32-29)25-12-10-24(11-13-25)21-35-15-17-36(18-16-35)28(37)9-7-14-34(3)4;1-2/h5-13,19,22H,1-2,14-18,20-21H2,3-4H3,(H,31,32,33);2H,1H3/b9-7+,23-8+;. The van der Waals surface area contributed by atoms with Crippen molar-refractivity contribution in [3.05, 3.63) is 91.3 Å². The van der Waals surface area contributed by atoms with Crippen LogP contribution < -0.4 is 5.32 Å². The van der Waals surface area contributed by atoms with E-state index >= 15 is 0 Å². The van der Waals surface area contributed by atoms with Gasteiger partial charge in [-0.2, -0.15) is 0 Å². The van der Waals surface area contributed by atoms with Gasteiger partial charge in [0, 0.05) is 63.9 Å². The number of carbonyl (C=O) groups is 1. The molecule has 2 aromatic heterocycles. The lowest BCUT2D eigenvalue weighted by molar-refractivity contribution is -0.127. The number of aromatic nitrogens is 2. The first-order valence-electron chi connectivity index (χ1n) is 13.3. The number of amides is 1. The van der Waals surface area contributed by atoms with Crippen molar-refractivity contribution in [3.8, 4) is 10.4 Å². The summed E-state index contributed by atoms with van der Waals surface area (Å²) < 4.78 is 0. The fourth-order valence-corrected chi connectivity index (χ4v) is 5.31. The Labute approximate surface area is 241 Å². The van der Waals surface area contributed by atoms with Crippen molar-refractivity contribution in [1.82, 2.24) is 24.7 Å². The number of allylic oxidation sites excluding steroid dienone is 2. The highest BCUT2D eigenvalue weighted by Crippen LogP contribution is 2.35. The number of aliphatic hydroxyl groups excluding tert-OH is 1. The molecule has 0 saturated carbocycles. The van der Waals surface area contributed by atoms with Crippen LogP contribution in [-0.4, -0.2) is 96.2 Å². The number of thiophene rings is 1. The van der Waals surface area contributed by atoms with Gasteiger partial charge in [0.25, 0.3) is 0 Å². The molecule has 1 aliphatic rings. The molecule has 0 bridgehead atoms. The van der Waals surface area contributed by atoms with Crippen LogP contribution >= 0.6 is 11.3 Å². The summed E-state index contributed by atoms with van der Waals surface area (Å²) in [5.41, 5.74) is 3.48. The number of benzene rings is 1. The van der Waals surface area contributed by atoms with Gasteiger partial charge in [-0.3, -0.25) is 9.69 Å².